The molecule has 0 aromatic heterocycles. The molecule has 1 N–H and O–H groups in total. The molecule has 0 heterocycles. The lowest BCUT2D eigenvalue weighted by atomic mass is 9.74. The van der Waals surface area contributed by atoms with Crippen LogP contribution in [0.3, 0.4) is 0 Å². The number of hydrogen-bond acceptors (Lipinski definition) is 3. The topological polar surface area (TPSA) is 38.3 Å². The molecule has 0 aliphatic heterocycles. The number of hydrogen-bond donors (Lipinski definition) is 1. The van der Waals surface area contributed by atoms with Crippen molar-refractivity contribution in [1.82, 2.24) is 5.32 Å². The minimum Gasteiger partial charge on any atom is -0.380 e. The minimum atomic E-state index is -0.336. The highest BCUT2D eigenvalue weighted by Crippen LogP contribution is 2.45. The zero-order valence-corrected chi connectivity index (χ0v) is 14.9. The van der Waals surface area contributed by atoms with Crippen LogP contribution in [0.2, 0.25) is 0 Å². The number of carbonyl (C=O) groups excluding carboxylic acids is 1. The summed E-state index contributed by atoms with van der Waals surface area (Å²) < 4.78 is 5.52. The van der Waals surface area contributed by atoms with Gasteiger partial charge in [0, 0.05) is 14.6 Å². The summed E-state index contributed by atoms with van der Waals surface area (Å²) in [6.45, 7) is 10.7. The van der Waals surface area contributed by atoms with Gasteiger partial charge >= 0.3 is 0 Å². The lowest BCUT2D eigenvalue weighted by molar-refractivity contribution is -0.125. The average molecular weight is 322 g/mol. The molecule has 23 heavy (non-hydrogen) atoms. The number of carbonyl (C=O) groups is 1. The monoisotopic (exact) mass is 321 g/mol. The second-order valence-electron chi connectivity index (χ2n) is 6.21. The molecule has 0 bridgehead atoms. The van der Waals surface area contributed by atoms with Gasteiger partial charge in [-0.3, -0.25) is 4.79 Å². The fourth-order valence-corrected chi connectivity index (χ4v) is 3.19. The predicted molar refractivity (Wildman–Crippen MR) is 99.7 cm³/mol. The quantitative estimate of drug-likeness (QED) is 0.426. The third kappa shape index (κ3) is 6.08. The van der Waals surface area contributed by atoms with Crippen molar-refractivity contribution in [1.29, 1.82) is 0 Å². The van der Waals surface area contributed by atoms with Crippen LogP contribution in [0.1, 0.15) is 53.8 Å². The second-order valence-corrected chi connectivity index (χ2v) is 6.21. The van der Waals surface area contributed by atoms with E-state index in [0.717, 1.165) is 57.2 Å². The Balaban J connectivity index is 0.00000529. The van der Waals surface area contributed by atoms with Gasteiger partial charge in [-0.1, -0.05) is 57.1 Å². The van der Waals surface area contributed by atoms with Gasteiger partial charge in [0.15, 0.2) is 5.78 Å². The molecule has 1 saturated carbocycles. The summed E-state index contributed by atoms with van der Waals surface area (Å²) in [5.41, 5.74) is 0.733. The molecule has 0 aromatic rings. The molecule has 0 unspecified atom stereocenters. The van der Waals surface area contributed by atoms with Gasteiger partial charge in [0.25, 0.3) is 0 Å². The van der Waals surface area contributed by atoms with Gasteiger partial charge in [-0.25, -0.2) is 0 Å². The molecule has 0 aromatic carbocycles. The zero-order chi connectivity index (χ0) is 17.0. The number of allylic oxidation sites excluding steroid dienone is 5. The fraction of sp³-hybridized carbons (Fsp3) is 0.650. The Bertz CT molecular complexity index is 423. The van der Waals surface area contributed by atoms with Gasteiger partial charge in [-0.2, -0.15) is 0 Å². The normalized spacial score (nSPS) is 17.7. The first-order chi connectivity index (χ1) is 11.2. The van der Waals surface area contributed by atoms with Gasteiger partial charge < -0.3 is 10.1 Å². The molecule has 1 aliphatic rings. The number of ketones is 1. The SMILES string of the molecule is C=C/C(=C\C=C/C)C1(C(=O)CNCCOCCCC)CCCC1.[HH]. The van der Waals surface area contributed by atoms with Crippen LogP contribution >= 0.6 is 0 Å². The molecule has 0 saturated heterocycles. The van der Waals surface area contributed by atoms with Crippen molar-refractivity contribution in [3.05, 3.63) is 36.5 Å². The smallest absolute Gasteiger partial charge is 0.157 e. The molecule has 1 rings (SSSR count). The molecule has 3 nitrogen and oxygen atoms in total. The standard InChI is InChI=1S/C20H33NO2.H2/c1-4-7-11-18(6-3)20(12-9-10-13-20)19(22)17-21-14-16-23-15-8-5-2;/h4,6-7,11,21H,3,5,8-10,12-17H2,1-2H3;1H/b7-4-,18-11+;. The maximum Gasteiger partial charge on any atom is 0.157 e. The number of rotatable bonds is 12. The van der Waals surface area contributed by atoms with E-state index in [0.29, 0.717) is 18.9 Å². The summed E-state index contributed by atoms with van der Waals surface area (Å²) in [6, 6.07) is 0. The van der Waals surface area contributed by atoms with Gasteiger partial charge in [-0.05, 0) is 31.8 Å². The Hall–Kier alpha value is -1.19. The van der Waals surface area contributed by atoms with Crippen molar-refractivity contribution in [2.75, 3.05) is 26.3 Å². The third-order valence-electron chi connectivity index (χ3n) is 4.58. The van der Waals surface area contributed by atoms with Crippen LogP contribution in [0, 0.1) is 5.41 Å². The number of nitrogens with one attached hydrogen (secondary N) is 1. The first kappa shape index (κ1) is 19.9. The second kappa shape index (κ2) is 11.4. The molecule has 3 heteroatoms. The molecule has 1 fully saturated rings. The molecule has 1 aliphatic carbocycles. The summed E-state index contributed by atoms with van der Waals surface area (Å²) in [6.07, 6.45) is 14.3. The largest absolute Gasteiger partial charge is 0.380 e. The van der Waals surface area contributed by atoms with E-state index in [-0.39, 0.29) is 6.84 Å². The number of unbranched alkanes of at least 4 members (excludes halogenated alkanes) is 1. The van der Waals surface area contributed by atoms with E-state index in [2.05, 4.69) is 18.8 Å². The van der Waals surface area contributed by atoms with Crippen LogP contribution in [-0.2, 0) is 9.53 Å². The lowest BCUT2D eigenvalue weighted by Crippen LogP contribution is -2.38. The van der Waals surface area contributed by atoms with E-state index in [1.54, 1.807) is 0 Å². The summed E-state index contributed by atoms with van der Waals surface area (Å²) in [7, 11) is 0. The average Bonchev–Trinajstić information content (AvgIpc) is 3.05. The van der Waals surface area contributed by atoms with Gasteiger partial charge in [0.2, 0.25) is 0 Å². The summed E-state index contributed by atoms with van der Waals surface area (Å²) in [5, 5.41) is 3.24. The summed E-state index contributed by atoms with van der Waals surface area (Å²) in [4.78, 5) is 12.8. The Morgan fingerprint density at radius 3 is 2.70 bits per heavy atom. The highest BCUT2D eigenvalue weighted by atomic mass is 16.5. The van der Waals surface area contributed by atoms with E-state index in [1.807, 2.05) is 31.2 Å². The number of ether oxygens (including phenoxy) is 1. The fourth-order valence-electron chi connectivity index (χ4n) is 3.19. The summed E-state index contributed by atoms with van der Waals surface area (Å²) in [5.74, 6) is 0.291. The Morgan fingerprint density at radius 1 is 1.35 bits per heavy atom. The molecule has 0 spiro atoms. The van der Waals surface area contributed by atoms with Crippen LogP contribution in [0.5, 0.6) is 0 Å². The van der Waals surface area contributed by atoms with Crippen LogP contribution in [0.25, 0.3) is 0 Å². The highest BCUT2D eigenvalue weighted by Gasteiger charge is 2.42. The summed E-state index contributed by atoms with van der Waals surface area (Å²) >= 11 is 0. The van der Waals surface area contributed by atoms with E-state index < -0.39 is 0 Å². The lowest BCUT2D eigenvalue weighted by Gasteiger charge is -2.29. The highest BCUT2D eigenvalue weighted by molar-refractivity contribution is 5.90. The van der Waals surface area contributed by atoms with E-state index in [1.165, 1.54) is 0 Å². The molecule has 0 radical (unpaired) electrons. The van der Waals surface area contributed by atoms with Crippen LogP contribution in [0.15, 0.2) is 36.5 Å². The predicted octanol–water partition coefficient (Wildman–Crippen LogP) is 4.46. The molecule has 0 amide bonds. The van der Waals surface area contributed by atoms with Crippen molar-refractivity contribution in [3.63, 3.8) is 0 Å². The Morgan fingerprint density at radius 2 is 2.09 bits per heavy atom. The molecule has 132 valence electrons. The Kier molecular flexibility index (Phi) is 9.81. The zero-order valence-electron chi connectivity index (χ0n) is 14.9. The van der Waals surface area contributed by atoms with Crippen molar-refractivity contribution in [2.24, 2.45) is 5.41 Å². The maximum atomic E-state index is 12.8. The van der Waals surface area contributed by atoms with Crippen LogP contribution in [0.4, 0.5) is 0 Å². The minimum absolute atomic E-state index is 0. The van der Waals surface area contributed by atoms with Crippen LogP contribution in [-0.4, -0.2) is 32.1 Å². The van der Waals surface area contributed by atoms with E-state index in [4.69, 9.17) is 4.74 Å². The first-order valence-corrected chi connectivity index (χ1v) is 8.99. The molecule has 0 atom stereocenters. The number of Topliss-reactive ketones (excluding diaryl/α,β-unsaturated/α-hetero) is 1. The van der Waals surface area contributed by atoms with Gasteiger partial charge in [-0.15, -0.1) is 0 Å². The maximum absolute atomic E-state index is 12.8. The third-order valence-corrected chi connectivity index (χ3v) is 4.58. The van der Waals surface area contributed by atoms with Crippen molar-refractivity contribution < 1.29 is 11.0 Å². The van der Waals surface area contributed by atoms with Crippen molar-refractivity contribution >= 4 is 5.78 Å². The first-order valence-electron chi connectivity index (χ1n) is 8.99. The van der Waals surface area contributed by atoms with Crippen molar-refractivity contribution in [2.45, 2.75) is 52.4 Å². The Labute approximate surface area is 143 Å². The van der Waals surface area contributed by atoms with Gasteiger partial charge in [0.1, 0.15) is 0 Å². The van der Waals surface area contributed by atoms with Crippen molar-refractivity contribution in [3.8, 4) is 0 Å². The van der Waals surface area contributed by atoms with Crippen LogP contribution < -0.4 is 5.32 Å². The molecular formula is C20H35NO2. The van der Waals surface area contributed by atoms with Gasteiger partial charge in [0.05, 0.1) is 18.6 Å². The van der Waals surface area contributed by atoms with E-state index in [9.17, 15) is 4.79 Å². The molecular weight excluding hydrogens is 286 g/mol. The van der Waals surface area contributed by atoms with E-state index >= 15 is 0 Å².